The molecule has 0 aromatic carbocycles. The van der Waals surface area contributed by atoms with Crippen LogP contribution in [-0.4, -0.2) is 37.6 Å². The van der Waals surface area contributed by atoms with Gasteiger partial charge in [-0.25, -0.2) is 10.5 Å². The summed E-state index contributed by atoms with van der Waals surface area (Å²) in [7, 11) is 0. The summed E-state index contributed by atoms with van der Waals surface area (Å²) in [5, 5.41) is 18.7. The van der Waals surface area contributed by atoms with Crippen molar-refractivity contribution in [3.05, 3.63) is 36.1 Å². The summed E-state index contributed by atoms with van der Waals surface area (Å²) in [6.07, 6.45) is 5.16. The lowest BCUT2D eigenvalue weighted by Crippen LogP contribution is -2.27. The summed E-state index contributed by atoms with van der Waals surface area (Å²) in [4.78, 5) is 23.1. The highest BCUT2D eigenvalue weighted by Gasteiger charge is 2.29. The van der Waals surface area contributed by atoms with Crippen LogP contribution >= 0.6 is 0 Å². The first-order chi connectivity index (χ1) is 11.6. The molecule has 9 heteroatoms. The van der Waals surface area contributed by atoms with Crippen molar-refractivity contribution in [1.29, 1.82) is 0 Å². The van der Waals surface area contributed by atoms with Crippen molar-refractivity contribution in [3.63, 3.8) is 0 Å². The second-order valence-corrected chi connectivity index (χ2v) is 5.93. The molecule has 2 aromatic heterocycles. The molecule has 24 heavy (non-hydrogen) atoms. The molecule has 0 bridgehead atoms. The second-order valence-electron chi connectivity index (χ2n) is 5.93. The fourth-order valence-corrected chi connectivity index (χ4v) is 2.68. The molecule has 1 unspecified atom stereocenters. The number of nitrogens with zero attached hydrogens (tertiary/aromatic N) is 5. The number of aromatic amines is 1. The second kappa shape index (κ2) is 6.75. The zero-order valence-electron chi connectivity index (χ0n) is 13.5. The summed E-state index contributed by atoms with van der Waals surface area (Å²) in [5.41, 5.74) is 4.01. The van der Waals surface area contributed by atoms with Gasteiger partial charge in [-0.05, 0) is 18.1 Å². The molecule has 0 saturated carbocycles. The predicted molar refractivity (Wildman–Crippen MR) is 85.7 cm³/mol. The standard InChI is InChI=1S/C15H19N7O2/c1-9(2)14(15-17-11-5-6-16-7-12(11)18-15)22-8-10(19-21-22)3-4-13(23)20-24/h3,5-7,9,14,24H,4,8H2,1-2H3,(H,17,18)(H,20,23)/b10-3-. The van der Waals surface area contributed by atoms with Crippen LogP contribution in [0.5, 0.6) is 0 Å². The maximum atomic E-state index is 11.1. The number of hydroxylamine groups is 1. The van der Waals surface area contributed by atoms with E-state index in [1.165, 1.54) is 0 Å². The van der Waals surface area contributed by atoms with E-state index in [9.17, 15) is 4.79 Å². The van der Waals surface area contributed by atoms with Crippen LogP contribution in [0.3, 0.4) is 0 Å². The highest BCUT2D eigenvalue weighted by atomic mass is 16.5. The Morgan fingerprint density at radius 1 is 1.54 bits per heavy atom. The minimum absolute atomic E-state index is 0.0569. The number of pyridine rings is 1. The molecule has 126 valence electrons. The average Bonchev–Trinajstić information content (AvgIpc) is 3.19. The van der Waals surface area contributed by atoms with Crippen LogP contribution in [-0.2, 0) is 4.79 Å². The van der Waals surface area contributed by atoms with Gasteiger partial charge in [0.15, 0.2) is 0 Å². The van der Waals surface area contributed by atoms with Gasteiger partial charge in [-0.1, -0.05) is 19.1 Å². The van der Waals surface area contributed by atoms with Crippen LogP contribution in [0.25, 0.3) is 11.0 Å². The van der Waals surface area contributed by atoms with Gasteiger partial charge in [0.2, 0.25) is 5.91 Å². The lowest BCUT2D eigenvalue weighted by Gasteiger charge is -2.26. The van der Waals surface area contributed by atoms with Gasteiger partial charge >= 0.3 is 0 Å². The molecular weight excluding hydrogens is 310 g/mol. The first-order valence-electron chi connectivity index (χ1n) is 7.68. The van der Waals surface area contributed by atoms with Crippen LogP contribution < -0.4 is 5.48 Å². The van der Waals surface area contributed by atoms with E-state index in [1.807, 2.05) is 11.1 Å². The fraction of sp³-hybridized carbons (Fsp3) is 0.400. The normalized spacial score (nSPS) is 17.2. The number of hydrogen-bond donors (Lipinski definition) is 3. The number of carbonyl (C=O) groups is 1. The van der Waals surface area contributed by atoms with Gasteiger partial charge in [0.25, 0.3) is 0 Å². The molecule has 3 N–H and O–H groups in total. The van der Waals surface area contributed by atoms with E-state index in [1.54, 1.807) is 23.9 Å². The van der Waals surface area contributed by atoms with Gasteiger partial charge in [-0.2, -0.15) is 0 Å². The van der Waals surface area contributed by atoms with Crippen molar-refractivity contribution in [2.24, 2.45) is 16.3 Å². The van der Waals surface area contributed by atoms with E-state index < -0.39 is 5.91 Å². The van der Waals surface area contributed by atoms with Gasteiger partial charge in [0.1, 0.15) is 11.9 Å². The highest BCUT2D eigenvalue weighted by molar-refractivity contribution is 5.76. The number of H-pyrrole nitrogens is 1. The van der Waals surface area contributed by atoms with Crippen molar-refractivity contribution in [2.75, 3.05) is 6.54 Å². The average molecular weight is 329 g/mol. The lowest BCUT2D eigenvalue weighted by molar-refractivity contribution is -0.128. The van der Waals surface area contributed by atoms with Crippen LogP contribution in [0, 0.1) is 5.92 Å². The molecule has 0 spiro atoms. The van der Waals surface area contributed by atoms with Gasteiger partial charge in [0.05, 0.1) is 29.5 Å². The van der Waals surface area contributed by atoms with E-state index in [0.29, 0.717) is 12.2 Å². The largest absolute Gasteiger partial charge is 0.339 e. The molecule has 2 aromatic rings. The first-order valence-corrected chi connectivity index (χ1v) is 7.68. The maximum Gasteiger partial charge on any atom is 0.247 e. The smallest absolute Gasteiger partial charge is 0.247 e. The zero-order valence-corrected chi connectivity index (χ0v) is 13.5. The van der Waals surface area contributed by atoms with Crippen LogP contribution in [0.2, 0.25) is 0 Å². The van der Waals surface area contributed by atoms with Gasteiger partial charge in [-0.3, -0.25) is 20.0 Å². The molecule has 9 nitrogen and oxygen atoms in total. The van der Waals surface area contributed by atoms with Crippen molar-refractivity contribution >= 4 is 16.9 Å². The minimum Gasteiger partial charge on any atom is -0.339 e. The summed E-state index contributed by atoms with van der Waals surface area (Å²) in [6, 6.07) is 1.79. The molecule has 1 aliphatic rings. The molecule has 3 rings (SSSR count). The number of nitrogens with one attached hydrogen (secondary N) is 2. The van der Waals surface area contributed by atoms with Crippen LogP contribution in [0.1, 0.15) is 32.1 Å². The van der Waals surface area contributed by atoms with E-state index in [2.05, 4.69) is 39.1 Å². The molecular formula is C15H19N7O2. The summed E-state index contributed by atoms with van der Waals surface area (Å²) < 4.78 is 0. The van der Waals surface area contributed by atoms with E-state index in [4.69, 9.17) is 5.21 Å². The third-order valence-electron chi connectivity index (χ3n) is 3.79. The van der Waals surface area contributed by atoms with Crippen molar-refractivity contribution in [3.8, 4) is 0 Å². The zero-order chi connectivity index (χ0) is 17.1. The Morgan fingerprint density at radius 3 is 3.08 bits per heavy atom. The van der Waals surface area contributed by atoms with Gasteiger partial charge in [0, 0.05) is 12.6 Å². The molecule has 3 heterocycles. The number of rotatable bonds is 5. The number of amides is 1. The summed E-state index contributed by atoms with van der Waals surface area (Å²) >= 11 is 0. The van der Waals surface area contributed by atoms with Crippen LogP contribution in [0.15, 0.2) is 40.6 Å². The fourth-order valence-electron chi connectivity index (χ4n) is 2.68. The Kier molecular flexibility index (Phi) is 4.52. The van der Waals surface area contributed by atoms with E-state index in [0.717, 1.165) is 16.9 Å². The molecule has 1 aliphatic heterocycles. The van der Waals surface area contributed by atoms with Crippen molar-refractivity contribution in [2.45, 2.75) is 26.3 Å². The Balaban J connectivity index is 1.80. The van der Waals surface area contributed by atoms with E-state index >= 15 is 0 Å². The molecule has 0 saturated heterocycles. The molecule has 1 atom stereocenters. The summed E-state index contributed by atoms with van der Waals surface area (Å²) in [6.45, 7) is 4.66. The first kappa shape index (κ1) is 16.1. The Morgan fingerprint density at radius 2 is 2.38 bits per heavy atom. The number of imidazole rings is 1. The van der Waals surface area contributed by atoms with Gasteiger partial charge < -0.3 is 4.98 Å². The lowest BCUT2D eigenvalue weighted by atomic mass is 10.0. The Hall–Kier alpha value is -2.81. The van der Waals surface area contributed by atoms with Gasteiger partial charge in [-0.15, -0.1) is 5.11 Å². The Labute approximate surface area is 138 Å². The molecule has 0 aliphatic carbocycles. The summed E-state index contributed by atoms with van der Waals surface area (Å²) in [5.74, 6) is 0.570. The third-order valence-corrected chi connectivity index (χ3v) is 3.79. The Bertz CT molecular complexity index is 763. The number of fused-ring (bicyclic) bond motifs is 1. The maximum absolute atomic E-state index is 11.1. The van der Waals surface area contributed by atoms with E-state index in [-0.39, 0.29) is 18.4 Å². The monoisotopic (exact) mass is 329 g/mol. The number of aromatic nitrogens is 3. The predicted octanol–water partition coefficient (Wildman–Crippen LogP) is 2.12. The molecule has 0 fully saturated rings. The quantitative estimate of drug-likeness (QED) is 0.573. The molecule has 1 amide bonds. The van der Waals surface area contributed by atoms with Crippen molar-refractivity contribution < 1.29 is 10.0 Å². The number of hydrogen-bond acceptors (Lipinski definition) is 7. The topological polar surface area (TPSA) is 119 Å². The minimum atomic E-state index is -0.485. The number of carbonyl (C=O) groups excluding carboxylic acids is 1. The highest BCUT2D eigenvalue weighted by Crippen LogP contribution is 2.32. The van der Waals surface area contributed by atoms with Crippen LogP contribution in [0.4, 0.5) is 0 Å². The molecule has 0 radical (unpaired) electrons. The van der Waals surface area contributed by atoms with Crippen molar-refractivity contribution in [1.82, 2.24) is 25.4 Å². The SMILES string of the molecule is CC(C)C(c1nc2ccncc2[nH]1)N1C/C(=C/CC(=O)NO)N=N1. The third kappa shape index (κ3) is 3.25.